The van der Waals surface area contributed by atoms with Crippen LogP contribution in [0.5, 0.6) is 11.5 Å². The fraction of sp³-hybridized carbons (Fsp3) is 0.375. The molecule has 1 aromatic heterocycles. The van der Waals surface area contributed by atoms with E-state index in [2.05, 4.69) is 13.0 Å². The van der Waals surface area contributed by atoms with E-state index >= 15 is 0 Å². The predicted molar refractivity (Wildman–Crippen MR) is 84.0 cm³/mol. The molecule has 0 aliphatic rings. The summed E-state index contributed by atoms with van der Waals surface area (Å²) in [5, 5.41) is 9.83. The Labute approximate surface area is 129 Å². The van der Waals surface area contributed by atoms with Crippen molar-refractivity contribution in [2.45, 2.75) is 26.2 Å². The van der Waals surface area contributed by atoms with Crippen LogP contribution in [-0.2, 0) is 12.8 Å². The highest BCUT2D eigenvalue weighted by Gasteiger charge is 2.17. The molecule has 0 bridgehead atoms. The van der Waals surface area contributed by atoms with Crippen molar-refractivity contribution in [2.75, 3.05) is 14.2 Å². The molecule has 0 aliphatic heterocycles. The Balaban J connectivity index is 2.52. The maximum atomic E-state index is 8.96. The lowest BCUT2D eigenvalue weighted by molar-refractivity contribution is 0.356. The summed E-state index contributed by atoms with van der Waals surface area (Å²) in [6, 6.07) is 7.96. The van der Waals surface area contributed by atoms with Crippen LogP contribution in [0.2, 0.25) is 0 Å². The number of nitrogens with zero attached hydrogens (tertiary/aromatic N) is 2. The number of aryl methyl sites for hydroxylation is 1. The second-order valence-corrected chi connectivity index (χ2v) is 5.60. The Morgan fingerprint density at radius 1 is 1.29 bits per heavy atom. The van der Waals surface area contributed by atoms with Crippen LogP contribution in [-0.4, -0.2) is 19.2 Å². The molecule has 0 saturated heterocycles. The minimum Gasteiger partial charge on any atom is -0.493 e. The first-order valence-corrected chi connectivity index (χ1v) is 7.63. The van der Waals surface area contributed by atoms with Gasteiger partial charge in [0.2, 0.25) is 0 Å². The molecule has 2 rings (SSSR count). The number of aromatic nitrogens is 1. The van der Waals surface area contributed by atoms with E-state index < -0.39 is 0 Å². The molecule has 4 nitrogen and oxygen atoms in total. The summed E-state index contributed by atoms with van der Waals surface area (Å²) in [5.74, 6) is 1.37. The molecule has 1 aromatic carbocycles. The first-order chi connectivity index (χ1) is 10.2. The molecule has 5 heteroatoms. The van der Waals surface area contributed by atoms with Crippen molar-refractivity contribution in [3.05, 3.63) is 28.8 Å². The maximum absolute atomic E-state index is 8.96. The average molecular weight is 302 g/mol. The van der Waals surface area contributed by atoms with Crippen molar-refractivity contribution < 1.29 is 9.47 Å². The van der Waals surface area contributed by atoms with Gasteiger partial charge >= 0.3 is 0 Å². The minimum atomic E-state index is 0.402. The van der Waals surface area contributed by atoms with E-state index in [1.54, 1.807) is 25.6 Å². The van der Waals surface area contributed by atoms with E-state index in [1.807, 2.05) is 18.2 Å². The standard InChI is InChI=1S/C16H18N2O2S/c1-4-6-12-14(9-10-17)21-16(18-12)11-7-5-8-13(19-2)15(11)20-3/h5,7-8H,4,6,9H2,1-3H3. The molecular formula is C16H18N2O2S. The molecule has 0 amide bonds. The lowest BCUT2D eigenvalue weighted by Crippen LogP contribution is -1.93. The molecule has 0 radical (unpaired) electrons. The average Bonchev–Trinajstić information content (AvgIpc) is 2.90. The zero-order chi connectivity index (χ0) is 15.2. The van der Waals surface area contributed by atoms with Gasteiger partial charge in [-0.1, -0.05) is 19.4 Å². The third-order valence-electron chi connectivity index (χ3n) is 3.14. The number of para-hydroxylation sites is 1. The fourth-order valence-electron chi connectivity index (χ4n) is 2.20. The van der Waals surface area contributed by atoms with Gasteiger partial charge in [-0.2, -0.15) is 5.26 Å². The van der Waals surface area contributed by atoms with Gasteiger partial charge in [0.05, 0.1) is 38.0 Å². The molecule has 21 heavy (non-hydrogen) atoms. The van der Waals surface area contributed by atoms with Gasteiger partial charge in [-0.25, -0.2) is 4.98 Å². The van der Waals surface area contributed by atoms with Crippen LogP contribution in [0.1, 0.15) is 23.9 Å². The number of hydrogen-bond donors (Lipinski definition) is 0. The molecule has 1 heterocycles. The normalized spacial score (nSPS) is 10.2. The van der Waals surface area contributed by atoms with Gasteiger partial charge in [0.15, 0.2) is 11.5 Å². The van der Waals surface area contributed by atoms with Gasteiger partial charge < -0.3 is 9.47 Å². The summed E-state index contributed by atoms with van der Waals surface area (Å²) >= 11 is 1.56. The van der Waals surface area contributed by atoms with Crippen molar-refractivity contribution in [1.82, 2.24) is 4.98 Å². The van der Waals surface area contributed by atoms with Gasteiger partial charge in [-0.15, -0.1) is 11.3 Å². The highest BCUT2D eigenvalue weighted by molar-refractivity contribution is 7.15. The summed E-state index contributed by atoms with van der Waals surface area (Å²) in [6.07, 6.45) is 2.30. The SMILES string of the molecule is CCCc1nc(-c2cccc(OC)c2OC)sc1CC#N. The number of benzene rings is 1. The van der Waals surface area contributed by atoms with Crippen LogP contribution in [0.25, 0.3) is 10.6 Å². The number of rotatable bonds is 6. The highest BCUT2D eigenvalue weighted by atomic mass is 32.1. The maximum Gasteiger partial charge on any atom is 0.170 e. The van der Waals surface area contributed by atoms with Crippen LogP contribution in [0.3, 0.4) is 0 Å². The minimum absolute atomic E-state index is 0.402. The predicted octanol–water partition coefficient (Wildman–Crippen LogP) is 3.85. The lowest BCUT2D eigenvalue weighted by atomic mass is 10.2. The Hall–Kier alpha value is -2.06. The first kappa shape index (κ1) is 15.3. The van der Waals surface area contributed by atoms with Crippen LogP contribution >= 0.6 is 11.3 Å². The number of hydrogen-bond acceptors (Lipinski definition) is 5. The second-order valence-electron chi connectivity index (χ2n) is 4.51. The quantitative estimate of drug-likeness (QED) is 0.813. The molecule has 0 N–H and O–H groups in total. The monoisotopic (exact) mass is 302 g/mol. The number of thiazole rings is 1. The van der Waals surface area contributed by atoms with E-state index in [9.17, 15) is 0 Å². The van der Waals surface area contributed by atoms with Crippen LogP contribution in [0.15, 0.2) is 18.2 Å². The molecule has 2 aromatic rings. The zero-order valence-corrected chi connectivity index (χ0v) is 13.3. The fourth-order valence-corrected chi connectivity index (χ4v) is 3.26. The first-order valence-electron chi connectivity index (χ1n) is 6.82. The van der Waals surface area contributed by atoms with E-state index in [0.29, 0.717) is 17.9 Å². The Kier molecular flexibility index (Phi) is 5.18. The third-order valence-corrected chi connectivity index (χ3v) is 4.27. The summed E-state index contributed by atoms with van der Waals surface area (Å²) < 4.78 is 10.8. The highest BCUT2D eigenvalue weighted by Crippen LogP contribution is 2.40. The zero-order valence-electron chi connectivity index (χ0n) is 12.5. The van der Waals surface area contributed by atoms with Crippen LogP contribution in [0.4, 0.5) is 0 Å². The summed E-state index contributed by atoms with van der Waals surface area (Å²) in [5.41, 5.74) is 1.92. The van der Waals surface area contributed by atoms with Crippen molar-refractivity contribution in [3.8, 4) is 28.1 Å². The molecule has 0 unspecified atom stereocenters. The van der Waals surface area contributed by atoms with Crippen molar-refractivity contribution in [3.63, 3.8) is 0 Å². The van der Waals surface area contributed by atoms with Crippen LogP contribution < -0.4 is 9.47 Å². The van der Waals surface area contributed by atoms with Gasteiger partial charge in [-0.05, 0) is 18.6 Å². The molecule has 0 fully saturated rings. The van der Waals surface area contributed by atoms with E-state index in [0.717, 1.165) is 34.0 Å². The second kappa shape index (κ2) is 7.09. The molecule has 0 atom stereocenters. The van der Waals surface area contributed by atoms with Crippen LogP contribution in [0, 0.1) is 11.3 Å². The van der Waals surface area contributed by atoms with Gasteiger partial charge in [0.25, 0.3) is 0 Å². The van der Waals surface area contributed by atoms with Gasteiger partial charge in [0, 0.05) is 4.88 Å². The van der Waals surface area contributed by atoms with E-state index in [4.69, 9.17) is 19.7 Å². The largest absolute Gasteiger partial charge is 0.493 e. The Morgan fingerprint density at radius 2 is 2.10 bits per heavy atom. The van der Waals surface area contributed by atoms with Gasteiger partial charge in [-0.3, -0.25) is 0 Å². The van der Waals surface area contributed by atoms with Crippen molar-refractivity contribution >= 4 is 11.3 Å². The molecule has 0 aliphatic carbocycles. The summed E-state index contributed by atoms with van der Waals surface area (Å²) in [4.78, 5) is 5.75. The topological polar surface area (TPSA) is 55.1 Å². The Morgan fingerprint density at radius 3 is 2.71 bits per heavy atom. The van der Waals surface area contributed by atoms with Crippen molar-refractivity contribution in [2.24, 2.45) is 0 Å². The molecular weight excluding hydrogens is 284 g/mol. The molecule has 0 spiro atoms. The smallest absolute Gasteiger partial charge is 0.170 e. The number of nitriles is 1. The Bertz CT molecular complexity index is 659. The third kappa shape index (κ3) is 3.17. The molecule has 110 valence electrons. The summed E-state index contributed by atoms with van der Waals surface area (Å²) in [7, 11) is 3.24. The van der Waals surface area contributed by atoms with E-state index in [1.165, 1.54) is 0 Å². The molecule has 0 saturated carbocycles. The van der Waals surface area contributed by atoms with E-state index in [-0.39, 0.29) is 0 Å². The number of ether oxygens (including phenoxy) is 2. The van der Waals surface area contributed by atoms with Gasteiger partial charge in [0.1, 0.15) is 5.01 Å². The number of methoxy groups -OCH3 is 2. The lowest BCUT2D eigenvalue weighted by Gasteiger charge is -2.10. The summed E-state index contributed by atoms with van der Waals surface area (Å²) in [6.45, 7) is 2.11. The van der Waals surface area contributed by atoms with Crippen molar-refractivity contribution in [1.29, 1.82) is 5.26 Å².